The van der Waals surface area contributed by atoms with Crippen LogP contribution in [0, 0.1) is 11.3 Å². The number of nitrogens with zero attached hydrogens (tertiary/aromatic N) is 1. The predicted molar refractivity (Wildman–Crippen MR) is 75.9 cm³/mol. The van der Waals surface area contributed by atoms with Crippen LogP contribution in [0.4, 0.5) is 10.7 Å². The van der Waals surface area contributed by atoms with Gasteiger partial charge in [-0.3, -0.25) is 0 Å². The topological polar surface area (TPSA) is 107 Å². The molecule has 0 aliphatic rings. The summed E-state index contributed by atoms with van der Waals surface area (Å²) in [5.41, 5.74) is 6.09. The van der Waals surface area contributed by atoms with Crippen molar-refractivity contribution >= 4 is 28.0 Å². The molecule has 8 heteroatoms. The van der Waals surface area contributed by atoms with Crippen molar-refractivity contribution < 1.29 is 19.0 Å². The average molecular weight is 299 g/mol. The summed E-state index contributed by atoms with van der Waals surface area (Å²) < 4.78 is 14.9. The molecule has 0 saturated carbocycles. The number of esters is 1. The molecular weight excluding hydrogens is 282 g/mol. The van der Waals surface area contributed by atoms with Crippen LogP contribution in [0.15, 0.2) is 0 Å². The average Bonchev–Trinajstić information content (AvgIpc) is 2.78. The molecule has 1 atom stereocenters. The van der Waals surface area contributed by atoms with Gasteiger partial charge in [0.05, 0.1) is 25.5 Å². The molecule has 3 N–H and O–H groups in total. The molecule has 7 nitrogen and oxygen atoms in total. The first-order valence-corrected chi connectivity index (χ1v) is 6.56. The number of rotatable bonds is 7. The maximum absolute atomic E-state index is 11.7. The Labute approximate surface area is 121 Å². The number of nitrogens with one attached hydrogen (secondary N) is 1. The number of nitrogen functional groups attached to an aromatic ring is 1. The Kier molecular flexibility index (Phi) is 6.24. The van der Waals surface area contributed by atoms with Gasteiger partial charge in [0.1, 0.15) is 21.5 Å². The molecule has 1 aromatic heterocycles. The van der Waals surface area contributed by atoms with Gasteiger partial charge in [-0.1, -0.05) is 0 Å². The number of methoxy groups -OCH3 is 3. The van der Waals surface area contributed by atoms with Crippen LogP contribution in [0.3, 0.4) is 0 Å². The summed E-state index contributed by atoms with van der Waals surface area (Å²) in [7, 11) is 4.40. The van der Waals surface area contributed by atoms with Gasteiger partial charge in [-0.25, -0.2) is 4.79 Å². The van der Waals surface area contributed by atoms with Crippen molar-refractivity contribution in [2.75, 3.05) is 45.5 Å². The minimum Gasteiger partial charge on any atom is -0.465 e. The monoisotopic (exact) mass is 299 g/mol. The quantitative estimate of drug-likeness (QED) is 0.725. The highest BCUT2D eigenvalue weighted by Crippen LogP contribution is 2.35. The van der Waals surface area contributed by atoms with Crippen molar-refractivity contribution in [2.24, 2.45) is 0 Å². The lowest BCUT2D eigenvalue weighted by atomic mass is 10.2. The van der Waals surface area contributed by atoms with Crippen LogP contribution in [-0.2, 0) is 14.2 Å². The van der Waals surface area contributed by atoms with Gasteiger partial charge in [-0.2, -0.15) is 5.26 Å². The normalized spacial score (nSPS) is 11.7. The molecule has 20 heavy (non-hydrogen) atoms. The number of anilines is 2. The molecule has 0 aromatic carbocycles. The van der Waals surface area contributed by atoms with E-state index >= 15 is 0 Å². The summed E-state index contributed by atoms with van der Waals surface area (Å²) in [6.07, 6.45) is -0.181. The number of carbonyl (C=O) groups is 1. The van der Waals surface area contributed by atoms with Gasteiger partial charge >= 0.3 is 5.97 Å². The molecule has 1 aromatic rings. The third-order valence-corrected chi connectivity index (χ3v) is 3.68. The maximum Gasteiger partial charge on any atom is 0.343 e. The second-order valence-electron chi connectivity index (χ2n) is 3.85. The van der Waals surface area contributed by atoms with Crippen molar-refractivity contribution in [2.45, 2.75) is 6.10 Å². The summed E-state index contributed by atoms with van der Waals surface area (Å²) in [4.78, 5) is 12.0. The van der Waals surface area contributed by atoms with E-state index in [1.807, 2.05) is 6.07 Å². The first kappa shape index (κ1) is 16.2. The molecule has 0 saturated heterocycles. The van der Waals surface area contributed by atoms with E-state index in [2.05, 4.69) is 10.1 Å². The Hall–Kier alpha value is -1.82. The van der Waals surface area contributed by atoms with E-state index in [4.69, 9.17) is 20.5 Å². The van der Waals surface area contributed by atoms with E-state index in [1.165, 1.54) is 7.11 Å². The van der Waals surface area contributed by atoms with Gasteiger partial charge in [-0.15, -0.1) is 11.3 Å². The van der Waals surface area contributed by atoms with Crippen molar-refractivity contribution in [3.05, 3.63) is 10.4 Å². The van der Waals surface area contributed by atoms with Crippen LogP contribution in [0.1, 0.15) is 15.2 Å². The highest BCUT2D eigenvalue weighted by molar-refractivity contribution is 7.17. The zero-order chi connectivity index (χ0) is 15.1. The van der Waals surface area contributed by atoms with Crippen LogP contribution >= 0.6 is 11.3 Å². The molecule has 0 amide bonds. The summed E-state index contributed by atoms with van der Waals surface area (Å²) in [5.74, 6) is -0.580. The number of carbonyl (C=O) groups excluding carboxylic acids is 1. The summed E-state index contributed by atoms with van der Waals surface area (Å²) in [6.45, 7) is 0.822. The van der Waals surface area contributed by atoms with Crippen LogP contribution in [0.25, 0.3) is 0 Å². The fraction of sp³-hybridized carbons (Fsp3) is 0.500. The van der Waals surface area contributed by atoms with Crippen LogP contribution in [-0.4, -0.2) is 46.6 Å². The Balaban J connectivity index is 2.94. The van der Waals surface area contributed by atoms with Gasteiger partial charge in [0.25, 0.3) is 0 Å². The predicted octanol–water partition coefficient (Wildman–Crippen LogP) is 1.06. The van der Waals surface area contributed by atoms with E-state index in [9.17, 15) is 4.79 Å². The van der Waals surface area contributed by atoms with Crippen molar-refractivity contribution in [1.82, 2.24) is 0 Å². The Morgan fingerprint density at radius 3 is 2.70 bits per heavy atom. The minimum atomic E-state index is -0.580. The molecule has 0 aliphatic heterocycles. The second-order valence-corrected chi connectivity index (χ2v) is 4.87. The van der Waals surface area contributed by atoms with Gasteiger partial charge in [0.15, 0.2) is 0 Å². The number of nitrogens with two attached hydrogens (primary N) is 1. The fourth-order valence-electron chi connectivity index (χ4n) is 1.56. The van der Waals surface area contributed by atoms with E-state index < -0.39 is 5.97 Å². The largest absolute Gasteiger partial charge is 0.465 e. The van der Waals surface area contributed by atoms with Gasteiger partial charge in [0.2, 0.25) is 0 Å². The molecule has 0 fully saturated rings. The van der Waals surface area contributed by atoms with Crippen LogP contribution in [0.5, 0.6) is 0 Å². The summed E-state index contributed by atoms with van der Waals surface area (Å²) >= 11 is 1.11. The van der Waals surface area contributed by atoms with Gasteiger partial charge in [-0.05, 0) is 0 Å². The molecule has 1 rings (SSSR count). The minimum absolute atomic E-state index is 0.132. The molecule has 0 radical (unpaired) electrons. The lowest BCUT2D eigenvalue weighted by molar-refractivity contribution is 0.0365. The highest BCUT2D eigenvalue weighted by atomic mass is 32.1. The zero-order valence-electron chi connectivity index (χ0n) is 11.6. The first-order chi connectivity index (χ1) is 9.58. The number of hydrogen-bond acceptors (Lipinski definition) is 8. The molecule has 1 unspecified atom stereocenters. The van der Waals surface area contributed by atoms with Crippen molar-refractivity contribution in [1.29, 1.82) is 5.26 Å². The lowest BCUT2D eigenvalue weighted by Gasteiger charge is -2.15. The number of nitriles is 1. The molecular formula is C12H17N3O4S. The number of thiophene rings is 1. The molecule has 0 aliphatic carbocycles. The maximum atomic E-state index is 11.7. The van der Waals surface area contributed by atoms with E-state index in [0.29, 0.717) is 18.2 Å². The Morgan fingerprint density at radius 2 is 2.20 bits per heavy atom. The number of hydrogen-bond donors (Lipinski definition) is 2. The van der Waals surface area contributed by atoms with E-state index in [-0.39, 0.29) is 22.2 Å². The summed E-state index contributed by atoms with van der Waals surface area (Å²) in [5, 5.41) is 12.5. The fourth-order valence-corrected chi connectivity index (χ4v) is 2.47. The van der Waals surface area contributed by atoms with Crippen LogP contribution in [0.2, 0.25) is 0 Å². The zero-order valence-corrected chi connectivity index (χ0v) is 12.4. The lowest BCUT2D eigenvalue weighted by Crippen LogP contribution is -2.26. The third kappa shape index (κ3) is 3.60. The molecule has 0 spiro atoms. The Morgan fingerprint density at radius 1 is 1.50 bits per heavy atom. The molecule has 0 bridgehead atoms. The Bertz CT molecular complexity index is 510. The standard InChI is InChI=1S/C12H17N3O4S/c1-17-6-7(18-2)5-15-11-9(12(16)19-3)10(14)8(4-13)20-11/h7,15H,5-6,14H2,1-3H3. The second kappa shape index (κ2) is 7.69. The SMILES string of the molecule is COCC(CNc1sc(C#N)c(N)c1C(=O)OC)OC. The van der Waals surface area contributed by atoms with Crippen molar-refractivity contribution in [3.8, 4) is 6.07 Å². The first-order valence-electron chi connectivity index (χ1n) is 5.75. The molecule has 110 valence electrons. The highest BCUT2D eigenvalue weighted by Gasteiger charge is 2.23. The summed E-state index contributed by atoms with van der Waals surface area (Å²) in [6, 6.07) is 1.95. The van der Waals surface area contributed by atoms with Gasteiger partial charge in [0, 0.05) is 20.8 Å². The third-order valence-electron chi connectivity index (χ3n) is 2.61. The number of ether oxygens (including phenoxy) is 3. The van der Waals surface area contributed by atoms with E-state index in [0.717, 1.165) is 11.3 Å². The van der Waals surface area contributed by atoms with Crippen LogP contribution < -0.4 is 11.1 Å². The smallest absolute Gasteiger partial charge is 0.343 e. The molecule has 1 heterocycles. The van der Waals surface area contributed by atoms with Gasteiger partial charge < -0.3 is 25.3 Å². The van der Waals surface area contributed by atoms with E-state index in [1.54, 1.807) is 14.2 Å². The van der Waals surface area contributed by atoms with Crippen molar-refractivity contribution in [3.63, 3.8) is 0 Å².